The molecule has 7 rings (SSSR count). The smallest absolute Gasteiger partial charge is 0.152 e. The van der Waals surface area contributed by atoms with Crippen LogP contribution in [-0.4, -0.2) is 33.9 Å². The summed E-state index contributed by atoms with van der Waals surface area (Å²) >= 11 is 0. The molecule has 6 nitrogen and oxygen atoms in total. The van der Waals surface area contributed by atoms with Gasteiger partial charge in [-0.1, -0.05) is 50.1 Å². The van der Waals surface area contributed by atoms with Gasteiger partial charge in [0.1, 0.15) is 11.6 Å². The van der Waals surface area contributed by atoms with Gasteiger partial charge in [0.15, 0.2) is 6.29 Å². The fourth-order valence-electron chi connectivity index (χ4n) is 6.25. The van der Waals surface area contributed by atoms with Crippen molar-refractivity contribution in [3.63, 3.8) is 0 Å². The molecule has 1 saturated carbocycles. The number of hydrogen-bond acceptors (Lipinski definition) is 4. The van der Waals surface area contributed by atoms with Crippen LogP contribution in [0.3, 0.4) is 0 Å². The average molecular weight is 548 g/mol. The summed E-state index contributed by atoms with van der Waals surface area (Å²) in [7, 11) is 1.50. The van der Waals surface area contributed by atoms with Gasteiger partial charge in [0.2, 0.25) is 0 Å². The van der Waals surface area contributed by atoms with Crippen molar-refractivity contribution in [3.05, 3.63) is 90.2 Å². The van der Waals surface area contributed by atoms with E-state index in [0.717, 1.165) is 57.0 Å². The van der Waals surface area contributed by atoms with Crippen LogP contribution in [0.25, 0.3) is 49.9 Å². The summed E-state index contributed by atoms with van der Waals surface area (Å²) in [4.78, 5) is 20.1. The number of anilines is 1. The van der Waals surface area contributed by atoms with Gasteiger partial charge in [-0.2, -0.15) is 0 Å². The summed E-state index contributed by atoms with van der Waals surface area (Å²) in [5.41, 5.74) is 11.5. The van der Waals surface area contributed by atoms with Crippen molar-refractivity contribution in [2.24, 2.45) is 11.7 Å². The van der Waals surface area contributed by atoms with Gasteiger partial charge in [-0.3, -0.25) is 4.79 Å². The Labute approximate surface area is 238 Å². The molecule has 6 aromatic rings. The second kappa shape index (κ2) is 11.2. The van der Waals surface area contributed by atoms with E-state index in [9.17, 15) is 9.18 Å². The molecule has 1 fully saturated rings. The van der Waals surface area contributed by atoms with Gasteiger partial charge in [0.25, 0.3) is 0 Å². The Balaban J connectivity index is 0.00000148. The van der Waals surface area contributed by atoms with Gasteiger partial charge >= 0.3 is 0 Å². The summed E-state index contributed by atoms with van der Waals surface area (Å²) in [6, 6.07) is 25.5. The lowest BCUT2D eigenvalue weighted by Crippen LogP contribution is -2.30. The van der Waals surface area contributed by atoms with Gasteiger partial charge in [0, 0.05) is 39.3 Å². The standard InChI is InChI=1S/C33H29FN4O.CH5N/c1-20-7-2-4-10-26(20)35-28-18-23(15-13-21(28)19-39)38-30-11-5-3-8-24(30)32-25(9-6-12-31(32)38)33-36-27-16-14-22(34)17-29(27)37-33;1-2/h3,5-6,8-9,11-20,26,35H,2,4,7,10H2,1H3,(H,36,37);2H2,1H3/t20-,26?;/m0./s1. The first-order valence-electron chi connectivity index (χ1n) is 14.2. The minimum Gasteiger partial charge on any atom is -0.381 e. The second-order valence-corrected chi connectivity index (χ2v) is 10.7. The van der Waals surface area contributed by atoms with Crippen molar-refractivity contribution in [3.8, 4) is 17.1 Å². The molecule has 7 heteroatoms. The highest BCUT2D eigenvalue weighted by atomic mass is 19.1. The lowest BCUT2D eigenvalue weighted by molar-refractivity contribution is 0.112. The Kier molecular flexibility index (Phi) is 7.28. The molecule has 0 spiro atoms. The summed E-state index contributed by atoms with van der Waals surface area (Å²) in [6.45, 7) is 2.29. The van der Waals surface area contributed by atoms with Gasteiger partial charge in [-0.05, 0) is 74.3 Å². The molecule has 2 aromatic heterocycles. The zero-order valence-corrected chi connectivity index (χ0v) is 23.3. The number of fused-ring (bicyclic) bond motifs is 4. The Morgan fingerprint density at radius 1 is 0.976 bits per heavy atom. The lowest BCUT2D eigenvalue weighted by atomic mass is 9.85. The number of nitrogens with zero attached hydrogens (tertiary/aromatic N) is 2. The number of nitrogens with two attached hydrogens (primary N) is 1. The van der Waals surface area contributed by atoms with Gasteiger partial charge in [-0.15, -0.1) is 0 Å². The zero-order chi connectivity index (χ0) is 28.5. The van der Waals surface area contributed by atoms with Crippen molar-refractivity contribution in [2.45, 2.75) is 38.6 Å². The number of benzene rings is 4. The van der Waals surface area contributed by atoms with Crippen LogP contribution in [0.4, 0.5) is 10.1 Å². The average Bonchev–Trinajstić information content (AvgIpc) is 3.58. The number of para-hydroxylation sites is 1. The fraction of sp³-hybridized carbons (Fsp3) is 0.235. The van der Waals surface area contributed by atoms with E-state index >= 15 is 0 Å². The summed E-state index contributed by atoms with van der Waals surface area (Å²) in [5.74, 6) is 0.974. The van der Waals surface area contributed by atoms with E-state index in [-0.39, 0.29) is 5.82 Å². The molecule has 4 N–H and O–H groups in total. The van der Waals surface area contributed by atoms with Crippen LogP contribution in [0.15, 0.2) is 78.9 Å². The molecule has 41 heavy (non-hydrogen) atoms. The second-order valence-electron chi connectivity index (χ2n) is 10.7. The first kappa shape index (κ1) is 26.7. The van der Waals surface area contributed by atoms with Gasteiger partial charge < -0.3 is 20.6 Å². The normalized spacial score (nSPS) is 17.0. The van der Waals surface area contributed by atoms with E-state index in [1.54, 1.807) is 6.07 Å². The number of aromatic nitrogens is 3. The SMILES string of the molecule is CN.C[C@H]1CCCCC1Nc1cc(-n2c3ccccc3c3c(-c4nc5ccc(F)cc5[nH]4)cccc32)ccc1C=O. The van der Waals surface area contributed by atoms with Crippen LogP contribution in [0.5, 0.6) is 0 Å². The highest BCUT2D eigenvalue weighted by Gasteiger charge is 2.23. The number of aromatic amines is 1. The number of imidazole rings is 1. The Morgan fingerprint density at radius 2 is 1.78 bits per heavy atom. The maximum Gasteiger partial charge on any atom is 0.152 e. The molecule has 4 aromatic carbocycles. The number of aldehydes is 1. The zero-order valence-electron chi connectivity index (χ0n) is 23.3. The highest BCUT2D eigenvalue weighted by Crippen LogP contribution is 2.39. The number of nitrogens with one attached hydrogen (secondary N) is 2. The van der Waals surface area contributed by atoms with Crippen molar-refractivity contribution >= 4 is 44.8 Å². The first-order chi connectivity index (χ1) is 20.1. The quantitative estimate of drug-likeness (QED) is 0.192. The molecule has 1 unspecified atom stereocenters. The molecule has 0 saturated heterocycles. The number of carbonyl (C=O) groups is 1. The maximum atomic E-state index is 13.9. The summed E-state index contributed by atoms with van der Waals surface area (Å²) in [6.07, 6.45) is 5.74. The Bertz CT molecular complexity index is 1870. The lowest BCUT2D eigenvalue weighted by Gasteiger charge is -2.31. The largest absolute Gasteiger partial charge is 0.381 e. The minimum atomic E-state index is -0.293. The molecule has 0 bridgehead atoms. The van der Waals surface area contributed by atoms with E-state index in [4.69, 9.17) is 4.98 Å². The Hall–Kier alpha value is -4.49. The molecule has 1 aliphatic carbocycles. The van der Waals surface area contributed by atoms with Crippen molar-refractivity contribution < 1.29 is 9.18 Å². The van der Waals surface area contributed by atoms with Crippen molar-refractivity contribution in [1.82, 2.24) is 14.5 Å². The van der Waals surface area contributed by atoms with Crippen molar-refractivity contribution in [1.29, 1.82) is 0 Å². The molecular formula is C34H34FN5O. The van der Waals surface area contributed by atoms with Crippen molar-refractivity contribution in [2.75, 3.05) is 12.4 Å². The van der Waals surface area contributed by atoms with Crippen LogP contribution in [0, 0.1) is 11.7 Å². The third-order valence-corrected chi connectivity index (χ3v) is 8.27. The molecular weight excluding hydrogens is 513 g/mol. The predicted molar refractivity (Wildman–Crippen MR) is 166 cm³/mol. The molecule has 2 atom stereocenters. The number of H-pyrrole nitrogens is 1. The van der Waals surface area contributed by atoms with Crippen LogP contribution < -0.4 is 11.1 Å². The maximum absolute atomic E-state index is 13.9. The van der Waals surface area contributed by atoms with E-state index in [1.165, 1.54) is 38.4 Å². The predicted octanol–water partition coefficient (Wildman–Crippen LogP) is 7.84. The molecule has 1 aliphatic rings. The Morgan fingerprint density at radius 3 is 2.61 bits per heavy atom. The van der Waals surface area contributed by atoms with E-state index in [1.807, 2.05) is 30.3 Å². The van der Waals surface area contributed by atoms with Gasteiger partial charge in [0.05, 0.1) is 22.1 Å². The number of hydrogen-bond donors (Lipinski definition) is 3. The monoisotopic (exact) mass is 547 g/mol. The first-order valence-corrected chi connectivity index (χ1v) is 14.2. The molecule has 0 amide bonds. The summed E-state index contributed by atoms with van der Waals surface area (Å²) in [5, 5.41) is 5.89. The molecule has 0 radical (unpaired) electrons. The molecule has 0 aliphatic heterocycles. The topological polar surface area (TPSA) is 88.7 Å². The van der Waals surface area contributed by atoms with Crippen LogP contribution in [0.2, 0.25) is 0 Å². The fourth-order valence-corrected chi connectivity index (χ4v) is 6.25. The number of halogens is 1. The summed E-state index contributed by atoms with van der Waals surface area (Å²) < 4.78 is 16.1. The van der Waals surface area contributed by atoms with E-state index in [0.29, 0.717) is 28.9 Å². The van der Waals surface area contributed by atoms with Gasteiger partial charge in [-0.25, -0.2) is 9.37 Å². The van der Waals surface area contributed by atoms with Crippen LogP contribution >= 0.6 is 0 Å². The third-order valence-electron chi connectivity index (χ3n) is 8.27. The number of rotatable bonds is 5. The van der Waals surface area contributed by atoms with Crippen LogP contribution in [0.1, 0.15) is 43.0 Å². The minimum absolute atomic E-state index is 0.293. The third kappa shape index (κ3) is 4.76. The highest BCUT2D eigenvalue weighted by molar-refractivity contribution is 6.15. The molecule has 2 heterocycles. The van der Waals surface area contributed by atoms with E-state index in [2.05, 4.69) is 57.9 Å². The molecule has 208 valence electrons. The van der Waals surface area contributed by atoms with E-state index < -0.39 is 0 Å². The number of carbonyl (C=O) groups excluding carboxylic acids is 1. The van der Waals surface area contributed by atoms with Crippen LogP contribution in [-0.2, 0) is 0 Å².